The lowest BCUT2D eigenvalue weighted by Crippen LogP contribution is -2.31. The van der Waals surface area contributed by atoms with E-state index in [-0.39, 0.29) is 12.1 Å². The topological polar surface area (TPSA) is 85.6 Å². The second kappa shape index (κ2) is 8.27. The molecule has 0 bridgehead atoms. The number of urea groups is 1. The number of carbonyl (C=O) groups excluding carboxylic acids is 1. The van der Waals surface area contributed by atoms with Crippen molar-refractivity contribution in [2.75, 3.05) is 19.5 Å². The number of amides is 2. The van der Waals surface area contributed by atoms with Crippen molar-refractivity contribution in [3.8, 4) is 22.8 Å². The number of carbonyl (C=O) groups is 1. The highest BCUT2D eigenvalue weighted by molar-refractivity contribution is 5.89. The van der Waals surface area contributed by atoms with Crippen molar-refractivity contribution in [2.45, 2.75) is 13.0 Å². The van der Waals surface area contributed by atoms with Crippen LogP contribution in [-0.4, -0.2) is 25.4 Å². The van der Waals surface area contributed by atoms with Crippen molar-refractivity contribution in [1.29, 1.82) is 0 Å². The number of aromatic nitrogens is 1. The zero-order chi connectivity index (χ0) is 19.2. The van der Waals surface area contributed by atoms with Crippen molar-refractivity contribution >= 4 is 11.8 Å². The smallest absolute Gasteiger partial charge is 0.320 e. The molecule has 1 atom stereocenters. The lowest BCUT2D eigenvalue weighted by Gasteiger charge is -2.16. The minimum absolute atomic E-state index is 0.245. The molecule has 1 aromatic heterocycles. The summed E-state index contributed by atoms with van der Waals surface area (Å²) in [4.78, 5) is 12.3. The Morgan fingerprint density at radius 2 is 1.78 bits per heavy atom. The number of hydrogen-bond acceptors (Lipinski definition) is 5. The number of nitrogens with one attached hydrogen (secondary N) is 2. The summed E-state index contributed by atoms with van der Waals surface area (Å²) in [5, 5.41) is 9.41. The van der Waals surface area contributed by atoms with Crippen molar-refractivity contribution < 1.29 is 18.8 Å². The van der Waals surface area contributed by atoms with Gasteiger partial charge in [-0.15, -0.1) is 0 Å². The van der Waals surface area contributed by atoms with Gasteiger partial charge in [-0.1, -0.05) is 41.6 Å². The average Bonchev–Trinajstić information content (AvgIpc) is 3.16. The molecule has 0 aliphatic heterocycles. The molecule has 7 heteroatoms. The second-order valence-corrected chi connectivity index (χ2v) is 5.88. The Morgan fingerprint density at radius 3 is 2.48 bits per heavy atom. The van der Waals surface area contributed by atoms with Crippen LogP contribution in [0.2, 0.25) is 0 Å². The molecule has 1 unspecified atom stereocenters. The van der Waals surface area contributed by atoms with E-state index >= 15 is 0 Å². The summed E-state index contributed by atoms with van der Waals surface area (Å²) in [6.45, 7) is 1.87. The van der Waals surface area contributed by atoms with E-state index in [0.717, 1.165) is 11.1 Å². The number of methoxy groups -OCH3 is 2. The standard InChI is InChI=1S/C20H21N3O4/c1-13(15-9-10-16(25-2)18(11-15)26-3)21-20(24)22-19-12-17(27-23-19)14-7-5-4-6-8-14/h4-13H,1-3H3,(H2,21,22,23,24). The van der Waals surface area contributed by atoms with Crippen LogP contribution in [0.1, 0.15) is 18.5 Å². The predicted octanol–water partition coefficient (Wildman–Crippen LogP) is 4.24. The number of benzene rings is 2. The highest BCUT2D eigenvalue weighted by atomic mass is 16.5. The van der Waals surface area contributed by atoms with E-state index in [1.54, 1.807) is 26.4 Å². The zero-order valence-electron chi connectivity index (χ0n) is 15.4. The van der Waals surface area contributed by atoms with Crippen LogP contribution in [0, 0.1) is 0 Å². The fourth-order valence-corrected chi connectivity index (χ4v) is 2.63. The van der Waals surface area contributed by atoms with Crippen LogP contribution in [0.3, 0.4) is 0 Å². The predicted molar refractivity (Wildman–Crippen MR) is 102 cm³/mol. The van der Waals surface area contributed by atoms with Gasteiger partial charge in [-0.05, 0) is 24.6 Å². The molecular weight excluding hydrogens is 346 g/mol. The van der Waals surface area contributed by atoms with Crippen LogP contribution in [0.15, 0.2) is 59.1 Å². The second-order valence-electron chi connectivity index (χ2n) is 5.88. The summed E-state index contributed by atoms with van der Waals surface area (Å²) in [5.74, 6) is 2.16. The molecule has 2 amide bonds. The first-order valence-corrected chi connectivity index (χ1v) is 8.42. The van der Waals surface area contributed by atoms with Gasteiger partial charge in [0.1, 0.15) is 0 Å². The Morgan fingerprint density at radius 1 is 1.04 bits per heavy atom. The SMILES string of the molecule is COc1ccc(C(C)NC(=O)Nc2cc(-c3ccccc3)on2)cc1OC. The molecular formula is C20H21N3O4. The van der Waals surface area contributed by atoms with E-state index in [1.165, 1.54) is 0 Å². The average molecular weight is 367 g/mol. The maximum absolute atomic E-state index is 12.3. The summed E-state index contributed by atoms with van der Waals surface area (Å²) >= 11 is 0. The van der Waals surface area contributed by atoms with E-state index < -0.39 is 0 Å². The summed E-state index contributed by atoms with van der Waals surface area (Å²) < 4.78 is 15.8. The van der Waals surface area contributed by atoms with Gasteiger partial charge in [-0.25, -0.2) is 4.79 Å². The fourth-order valence-electron chi connectivity index (χ4n) is 2.63. The summed E-state index contributed by atoms with van der Waals surface area (Å²) in [6.07, 6.45) is 0. The highest BCUT2D eigenvalue weighted by Crippen LogP contribution is 2.30. The quantitative estimate of drug-likeness (QED) is 0.680. The van der Waals surface area contributed by atoms with Crippen LogP contribution in [0.4, 0.5) is 10.6 Å². The van der Waals surface area contributed by atoms with Gasteiger partial charge in [-0.2, -0.15) is 0 Å². The first-order valence-electron chi connectivity index (χ1n) is 8.42. The van der Waals surface area contributed by atoms with E-state index in [9.17, 15) is 4.79 Å². The van der Waals surface area contributed by atoms with Crippen molar-refractivity contribution in [1.82, 2.24) is 10.5 Å². The molecule has 0 saturated heterocycles. The molecule has 0 spiro atoms. The van der Waals surface area contributed by atoms with Crippen LogP contribution < -0.4 is 20.1 Å². The van der Waals surface area contributed by atoms with Crippen molar-refractivity contribution in [3.63, 3.8) is 0 Å². The molecule has 27 heavy (non-hydrogen) atoms. The zero-order valence-corrected chi connectivity index (χ0v) is 15.4. The van der Waals surface area contributed by atoms with Crippen LogP contribution >= 0.6 is 0 Å². The minimum atomic E-state index is -0.384. The molecule has 3 rings (SSSR count). The van der Waals surface area contributed by atoms with Gasteiger partial charge in [0, 0.05) is 11.6 Å². The maximum Gasteiger partial charge on any atom is 0.320 e. The molecule has 2 aromatic carbocycles. The summed E-state index contributed by atoms with van der Waals surface area (Å²) in [6, 6.07) is 16.1. The molecule has 0 saturated carbocycles. The monoisotopic (exact) mass is 367 g/mol. The van der Waals surface area contributed by atoms with Crippen LogP contribution in [0.5, 0.6) is 11.5 Å². The van der Waals surface area contributed by atoms with Gasteiger partial charge in [0.2, 0.25) is 0 Å². The van der Waals surface area contributed by atoms with Gasteiger partial charge in [0.05, 0.1) is 20.3 Å². The normalized spacial score (nSPS) is 11.5. The third-order valence-electron chi connectivity index (χ3n) is 4.07. The Bertz CT molecular complexity index is 909. The summed E-state index contributed by atoms with van der Waals surface area (Å²) in [7, 11) is 3.15. The van der Waals surface area contributed by atoms with E-state index in [1.807, 2.05) is 49.4 Å². The number of nitrogens with zero attached hydrogens (tertiary/aromatic N) is 1. The van der Waals surface area contributed by atoms with Gasteiger partial charge in [-0.3, -0.25) is 5.32 Å². The number of rotatable bonds is 6. The molecule has 2 N–H and O–H groups in total. The van der Waals surface area contributed by atoms with Crippen molar-refractivity contribution in [3.05, 3.63) is 60.2 Å². The lowest BCUT2D eigenvalue weighted by atomic mass is 10.1. The van der Waals surface area contributed by atoms with Gasteiger partial charge < -0.3 is 19.3 Å². The molecule has 1 heterocycles. The van der Waals surface area contributed by atoms with E-state index in [2.05, 4.69) is 15.8 Å². The lowest BCUT2D eigenvalue weighted by molar-refractivity contribution is 0.249. The van der Waals surface area contributed by atoms with E-state index in [4.69, 9.17) is 14.0 Å². The van der Waals surface area contributed by atoms with Crippen LogP contribution in [-0.2, 0) is 0 Å². The summed E-state index contributed by atoms with van der Waals surface area (Å²) in [5.41, 5.74) is 1.77. The molecule has 0 fully saturated rings. The Kier molecular flexibility index (Phi) is 5.61. The molecule has 0 radical (unpaired) electrons. The first-order chi connectivity index (χ1) is 13.1. The Labute approximate surface area is 157 Å². The maximum atomic E-state index is 12.3. The molecule has 140 valence electrons. The van der Waals surface area contributed by atoms with Crippen LogP contribution in [0.25, 0.3) is 11.3 Å². The molecule has 0 aliphatic carbocycles. The van der Waals surface area contributed by atoms with Gasteiger partial charge in [0.15, 0.2) is 23.1 Å². The first kappa shape index (κ1) is 18.3. The highest BCUT2D eigenvalue weighted by Gasteiger charge is 2.14. The van der Waals surface area contributed by atoms with Gasteiger partial charge in [0.25, 0.3) is 0 Å². The Balaban J connectivity index is 1.63. The number of ether oxygens (including phenoxy) is 2. The molecule has 3 aromatic rings. The minimum Gasteiger partial charge on any atom is -0.493 e. The third kappa shape index (κ3) is 4.38. The van der Waals surface area contributed by atoms with E-state index in [0.29, 0.717) is 23.1 Å². The Hall–Kier alpha value is -3.48. The fraction of sp³-hybridized carbons (Fsp3) is 0.200. The largest absolute Gasteiger partial charge is 0.493 e. The van der Waals surface area contributed by atoms with Crippen molar-refractivity contribution in [2.24, 2.45) is 0 Å². The number of anilines is 1. The molecule has 0 aliphatic rings. The molecule has 7 nitrogen and oxygen atoms in total. The third-order valence-corrected chi connectivity index (χ3v) is 4.07. The number of hydrogen-bond donors (Lipinski definition) is 2. The van der Waals surface area contributed by atoms with Gasteiger partial charge >= 0.3 is 6.03 Å².